The molecule has 1 heterocycles. The van der Waals surface area contributed by atoms with Gasteiger partial charge in [0.2, 0.25) is 5.16 Å². The Bertz CT molecular complexity index is 838. The SMILES string of the molecule is CC(C)c1ccc(-n2nnnc2SCC(=O)C23CC4CC(CC(C4)C2)C3)cc1. The van der Waals surface area contributed by atoms with Crippen molar-refractivity contribution in [3.63, 3.8) is 0 Å². The predicted molar refractivity (Wildman–Crippen MR) is 110 cm³/mol. The molecule has 0 atom stereocenters. The number of aromatic nitrogens is 4. The summed E-state index contributed by atoms with van der Waals surface area (Å²) in [6.07, 6.45) is 7.47. The summed E-state index contributed by atoms with van der Waals surface area (Å²) >= 11 is 1.49. The highest BCUT2D eigenvalue weighted by molar-refractivity contribution is 7.99. The van der Waals surface area contributed by atoms with Crippen molar-refractivity contribution in [1.82, 2.24) is 20.2 Å². The molecule has 0 aliphatic heterocycles. The summed E-state index contributed by atoms with van der Waals surface area (Å²) in [5, 5.41) is 12.9. The molecule has 4 bridgehead atoms. The fourth-order valence-corrected chi connectivity index (χ4v) is 7.09. The number of tetrazole rings is 1. The number of hydrogen-bond donors (Lipinski definition) is 0. The van der Waals surface area contributed by atoms with Gasteiger partial charge in [0.25, 0.3) is 0 Å². The first-order valence-electron chi connectivity index (χ1n) is 10.6. The zero-order valence-electron chi connectivity index (χ0n) is 16.7. The normalized spacial score (nSPS) is 30.9. The molecule has 5 nitrogen and oxygen atoms in total. The van der Waals surface area contributed by atoms with Gasteiger partial charge >= 0.3 is 0 Å². The number of Topliss-reactive ketones (excluding diaryl/α,β-unsaturated/α-hetero) is 1. The molecule has 0 N–H and O–H groups in total. The van der Waals surface area contributed by atoms with E-state index in [1.165, 1.54) is 36.6 Å². The zero-order valence-corrected chi connectivity index (χ0v) is 17.5. The molecular formula is C22H28N4OS. The number of carbonyl (C=O) groups is 1. The maximum Gasteiger partial charge on any atom is 0.214 e. The second-order valence-electron chi connectivity index (χ2n) is 9.53. The van der Waals surface area contributed by atoms with E-state index in [9.17, 15) is 4.79 Å². The maximum atomic E-state index is 13.3. The summed E-state index contributed by atoms with van der Waals surface area (Å²) in [6.45, 7) is 4.37. The van der Waals surface area contributed by atoms with Crippen molar-refractivity contribution in [3.05, 3.63) is 29.8 Å². The van der Waals surface area contributed by atoms with Crippen molar-refractivity contribution in [2.75, 3.05) is 5.75 Å². The lowest BCUT2D eigenvalue weighted by Gasteiger charge is -2.56. The number of ketones is 1. The summed E-state index contributed by atoms with van der Waals surface area (Å²) in [6, 6.07) is 8.35. The van der Waals surface area contributed by atoms with Crippen molar-refractivity contribution in [1.29, 1.82) is 0 Å². The summed E-state index contributed by atoms with van der Waals surface area (Å²) in [5.41, 5.74) is 2.20. The Labute approximate surface area is 170 Å². The predicted octanol–water partition coefficient (Wildman–Crippen LogP) is 4.66. The van der Waals surface area contributed by atoms with E-state index in [-0.39, 0.29) is 5.41 Å². The Morgan fingerprint density at radius 3 is 2.29 bits per heavy atom. The van der Waals surface area contributed by atoms with Crippen molar-refractivity contribution >= 4 is 17.5 Å². The van der Waals surface area contributed by atoms with Crippen LogP contribution in [0.15, 0.2) is 29.4 Å². The molecule has 6 heteroatoms. The summed E-state index contributed by atoms with van der Waals surface area (Å²) < 4.78 is 1.75. The highest BCUT2D eigenvalue weighted by Crippen LogP contribution is 2.60. The van der Waals surface area contributed by atoms with Crippen molar-refractivity contribution < 1.29 is 4.79 Å². The van der Waals surface area contributed by atoms with E-state index in [0.717, 1.165) is 42.7 Å². The maximum absolute atomic E-state index is 13.3. The van der Waals surface area contributed by atoms with Gasteiger partial charge in [-0.25, -0.2) is 0 Å². The molecule has 28 heavy (non-hydrogen) atoms. The molecule has 2 aromatic rings. The molecule has 6 rings (SSSR count). The molecule has 1 aromatic carbocycles. The van der Waals surface area contributed by atoms with Crippen LogP contribution in [0.4, 0.5) is 0 Å². The Kier molecular flexibility index (Phi) is 4.57. The van der Waals surface area contributed by atoms with Crippen LogP contribution >= 0.6 is 11.8 Å². The fraction of sp³-hybridized carbons (Fsp3) is 0.636. The molecule has 0 saturated heterocycles. The van der Waals surface area contributed by atoms with Gasteiger partial charge in [0.05, 0.1) is 11.4 Å². The quantitative estimate of drug-likeness (QED) is 0.665. The topological polar surface area (TPSA) is 60.7 Å². The van der Waals surface area contributed by atoms with Gasteiger partial charge in [-0.1, -0.05) is 37.7 Å². The van der Waals surface area contributed by atoms with Gasteiger partial charge < -0.3 is 0 Å². The molecule has 0 spiro atoms. The molecule has 148 valence electrons. The van der Waals surface area contributed by atoms with Gasteiger partial charge in [0, 0.05) is 5.41 Å². The van der Waals surface area contributed by atoms with Crippen LogP contribution in [0.25, 0.3) is 5.69 Å². The zero-order chi connectivity index (χ0) is 19.3. The van der Waals surface area contributed by atoms with Gasteiger partial charge in [-0.15, -0.1) is 5.10 Å². The van der Waals surface area contributed by atoms with Crippen LogP contribution in [-0.4, -0.2) is 31.7 Å². The van der Waals surface area contributed by atoms with Crippen LogP contribution in [-0.2, 0) is 4.79 Å². The minimum atomic E-state index is -0.0427. The average molecular weight is 397 g/mol. The van der Waals surface area contributed by atoms with E-state index in [2.05, 4.69) is 53.6 Å². The van der Waals surface area contributed by atoms with E-state index in [1.807, 2.05) is 0 Å². The van der Waals surface area contributed by atoms with Gasteiger partial charge in [-0.05, 0) is 90.3 Å². The highest BCUT2D eigenvalue weighted by atomic mass is 32.2. The smallest absolute Gasteiger partial charge is 0.214 e. The molecular weight excluding hydrogens is 368 g/mol. The van der Waals surface area contributed by atoms with E-state index in [0.29, 0.717) is 22.6 Å². The lowest BCUT2D eigenvalue weighted by Crippen LogP contribution is -2.50. The molecule has 0 unspecified atom stereocenters. The average Bonchev–Trinajstić information content (AvgIpc) is 3.13. The second kappa shape index (κ2) is 6.97. The third-order valence-corrected chi connectivity index (χ3v) is 8.13. The minimum Gasteiger partial charge on any atom is -0.298 e. The summed E-state index contributed by atoms with van der Waals surface area (Å²) in [5.74, 6) is 3.80. The molecule has 1 aromatic heterocycles. The number of nitrogens with zero attached hydrogens (tertiary/aromatic N) is 4. The van der Waals surface area contributed by atoms with E-state index >= 15 is 0 Å². The van der Waals surface area contributed by atoms with Crippen LogP contribution in [0.1, 0.15) is 63.9 Å². The third-order valence-electron chi connectivity index (χ3n) is 7.21. The first-order chi connectivity index (χ1) is 13.5. The Hall–Kier alpha value is -1.69. The number of benzene rings is 1. The molecule has 4 saturated carbocycles. The number of carbonyl (C=O) groups excluding carboxylic acids is 1. The summed E-state index contributed by atoms with van der Waals surface area (Å²) in [4.78, 5) is 13.3. The van der Waals surface area contributed by atoms with Crippen molar-refractivity contribution in [3.8, 4) is 5.69 Å². The van der Waals surface area contributed by atoms with Crippen LogP contribution in [0.5, 0.6) is 0 Å². The van der Waals surface area contributed by atoms with E-state index in [1.54, 1.807) is 4.68 Å². The number of thioether (sulfide) groups is 1. The van der Waals surface area contributed by atoms with E-state index < -0.39 is 0 Å². The molecule has 4 fully saturated rings. The largest absolute Gasteiger partial charge is 0.298 e. The van der Waals surface area contributed by atoms with E-state index in [4.69, 9.17) is 0 Å². The molecule has 0 amide bonds. The van der Waals surface area contributed by atoms with Crippen LogP contribution < -0.4 is 0 Å². The minimum absolute atomic E-state index is 0.0427. The van der Waals surface area contributed by atoms with Crippen molar-refractivity contribution in [2.24, 2.45) is 23.2 Å². The fourth-order valence-electron chi connectivity index (χ4n) is 6.17. The molecule has 4 aliphatic carbocycles. The van der Waals surface area contributed by atoms with Gasteiger partial charge in [-0.2, -0.15) is 4.68 Å². The Morgan fingerprint density at radius 2 is 1.71 bits per heavy atom. The number of hydrogen-bond acceptors (Lipinski definition) is 5. The van der Waals surface area contributed by atoms with Crippen LogP contribution in [0, 0.1) is 23.2 Å². The Morgan fingerprint density at radius 1 is 1.11 bits per heavy atom. The number of rotatable bonds is 6. The Balaban J connectivity index is 1.29. The van der Waals surface area contributed by atoms with Crippen LogP contribution in [0.2, 0.25) is 0 Å². The van der Waals surface area contributed by atoms with Gasteiger partial charge in [0.1, 0.15) is 5.78 Å². The second-order valence-corrected chi connectivity index (χ2v) is 10.5. The van der Waals surface area contributed by atoms with Gasteiger partial charge in [-0.3, -0.25) is 4.79 Å². The lowest BCUT2D eigenvalue weighted by atomic mass is 9.48. The van der Waals surface area contributed by atoms with Gasteiger partial charge in [0.15, 0.2) is 0 Å². The third kappa shape index (κ3) is 3.19. The standard InChI is InChI=1S/C22H28N4OS/c1-14(2)18-3-5-19(6-4-18)26-21(23-24-25-26)28-13-20(27)22-10-15-7-16(11-22)9-17(8-15)12-22/h3-6,14-17H,7-13H2,1-2H3. The van der Waals surface area contributed by atoms with Crippen LogP contribution in [0.3, 0.4) is 0 Å². The first-order valence-corrected chi connectivity index (χ1v) is 11.6. The molecule has 0 radical (unpaired) electrons. The first kappa shape index (κ1) is 18.3. The monoisotopic (exact) mass is 396 g/mol. The highest BCUT2D eigenvalue weighted by Gasteiger charge is 2.54. The van der Waals surface area contributed by atoms with Crippen molar-refractivity contribution in [2.45, 2.75) is 63.4 Å². The lowest BCUT2D eigenvalue weighted by molar-refractivity contribution is -0.141. The summed E-state index contributed by atoms with van der Waals surface area (Å²) in [7, 11) is 0. The molecule has 4 aliphatic rings.